The molecule has 6 nitrogen and oxygen atoms in total. The Morgan fingerprint density at radius 1 is 1.19 bits per heavy atom. The van der Waals surface area contributed by atoms with Crippen LogP contribution in [0.4, 0.5) is 5.69 Å². The molecule has 1 aromatic heterocycles. The highest BCUT2D eigenvalue weighted by atomic mass is 35.5. The van der Waals surface area contributed by atoms with Crippen LogP contribution in [-0.2, 0) is 11.4 Å². The van der Waals surface area contributed by atoms with Crippen LogP contribution in [0.3, 0.4) is 0 Å². The third-order valence-corrected chi connectivity index (χ3v) is 4.66. The lowest BCUT2D eigenvalue weighted by Gasteiger charge is -2.06. The molecule has 0 saturated carbocycles. The summed E-state index contributed by atoms with van der Waals surface area (Å²) in [5, 5.41) is 12.1. The number of ether oxygens (including phenoxy) is 1. The zero-order valence-electron chi connectivity index (χ0n) is 14.2. The highest BCUT2D eigenvalue weighted by molar-refractivity contribution is 7.99. The van der Waals surface area contributed by atoms with Crippen LogP contribution in [0.1, 0.15) is 11.5 Å². The average molecular weight is 424 g/mol. The van der Waals surface area contributed by atoms with Crippen molar-refractivity contribution in [3.8, 4) is 5.75 Å². The van der Waals surface area contributed by atoms with E-state index >= 15 is 0 Å². The van der Waals surface area contributed by atoms with E-state index in [9.17, 15) is 4.79 Å². The zero-order valence-corrected chi connectivity index (χ0v) is 16.6. The first kappa shape index (κ1) is 19.5. The predicted octanol–water partition coefficient (Wildman–Crippen LogP) is 4.99. The van der Waals surface area contributed by atoms with Crippen LogP contribution in [0, 0.1) is 6.92 Å². The number of halogens is 2. The molecule has 1 N–H and O–H groups in total. The van der Waals surface area contributed by atoms with Gasteiger partial charge in [-0.15, -0.1) is 10.2 Å². The van der Waals surface area contributed by atoms with Gasteiger partial charge in [0.25, 0.3) is 11.1 Å². The van der Waals surface area contributed by atoms with Crippen LogP contribution < -0.4 is 10.1 Å². The number of anilines is 1. The molecule has 3 aromatic rings. The van der Waals surface area contributed by atoms with E-state index in [2.05, 4.69) is 15.5 Å². The molecule has 0 unspecified atom stereocenters. The Hall–Kier alpha value is -2.22. The minimum absolute atomic E-state index is 0.130. The summed E-state index contributed by atoms with van der Waals surface area (Å²) in [6, 6.07) is 12.3. The third-order valence-electron chi connectivity index (χ3n) is 3.37. The van der Waals surface area contributed by atoms with E-state index in [1.807, 2.05) is 13.0 Å². The largest absolute Gasteiger partial charge is 0.484 e. The van der Waals surface area contributed by atoms with Gasteiger partial charge in [0.15, 0.2) is 6.61 Å². The first-order chi connectivity index (χ1) is 13.0. The summed E-state index contributed by atoms with van der Waals surface area (Å²) in [4.78, 5) is 12.0. The van der Waals surface area contributed by atoms with Crippen molar-refractivity contribution in [2.24, 2.45) is 0 Å². The van der Waals surface area contributed by atoms with E-state index in [1.54, 1.807) is 36.4 Å². The van der Waals surface area contributed by atoms with Crippen molar-refractivity contribution in [1.82, 2.24) is 10.2 Å². The molecule has 0 aliphatic carbocycles. The van der Waals surface area contributed by atoms with Crippen LogP contribution in [-0.4, -0.2) is 21.9 Å². The number of nitrogens with one attached hydrogen (secondary N) is 1. The first-order valence-electron chi connectivity index (χ1n) is 7.89. The number of nitrogens with zero attached hydrogens (tertiary/aromatic N) is 2. The van der Waals surface area contributed by atoms with Crippen LogP contribution in [0.2, 0.25) is 10.0 Å². The number of benzene rings is 2. The molecule has 1 amide bonds. The van der Waals surface area contributed by atoms with E-state index < -0.39 is 0 Å². The van der Waals surface area contributed by atoms with E-state index in [0.717, 1.165) is 17.3 Å². The molecular weight excluding hydrogens is 409 g/mol. The fourth-order valence-corrected chi connectivity index (χ4v) is 3.16. The van der Waals surface area contributed by atoms with Gasteiger partial charge in [0.1, 0.15) is 5.75 Å². The van der Waals surface area contributed by atoms with Crippen molar-refractivity contribution < 1.29 is 13.9 Å². The number of carbonyl (C=O) groups excluding carboxylic acids is 1. The molecule has 0 spiro atoms. The van der Waals surface area contributed by atoms with Crippen molar-refractivity contribution >= 4 is 46.6 Å². The molecule has 0 aliphatic heterocycles. The Balaban J connectivity index is 1.48. The molecule has 9 heteroatoms. The second-order valence-electron chi connectivity index (χ2n) is 5.51. The van der Waals surface area contributed by atoms with Gasteiger partial charge in [-0.05, 0) is 48.9 Å². The first-order valence-corrected chi connectivity index (χ1v) is 9.63. The Morgan fingerprint density at radius 3 is 2.78 bits per heavy atom. The van der Waals surface area contributed by atoms with Gasteiger partial charge >= 0.3 is 0 Å². The lowest BCUT2D eigenvalue weighted by atomic mass is 10.2. The maximum absolute atomic E-state index is 12.0. The highest BCUT2D eigenvalue weighted by Crippen LogP contribution is 2.23. The summed E-state index contributed by atoms with van der Waals surface area (Å²) in [6.45, 7) is 2.03. The lowest BCUT2D eigenvalue weighted by Crippen LogP contribution is -2.13. The summed E-state index contributed by atoms with van der Waals surface area (Å²) in [5.41, 5.74) is 1.54. The Morgan fingerprint density at radius 2 is 2.00 bits per heavy atom. The molecule has 1 heterocycles. The monoisotopic (exact) mass is 423 g/mol. The molecule has 0 fully saturated rings. The summed E-state index contributed by atoms with van der Waals surface area (Å²) >= 11 is 12.9. The van der Waals surface area contributed by atoms with Gasteiger partial charge in [0, 0.05) is 15.7 Å². The molecule has 2 aromatic carbocycles. The number of carbonyl (C=O) groups is 1. The van der Waals surface area contributed by atoms with Crippen molar-refractivity contribution in [2.45, 2.75) is 18.8 Å². The molecule has 0 atom stereocenters. The van der Waals surface area contributed by atoms with Crippen LogP contribution in [0.5, 0.6) is 5.75 Å². The van der Waals surface area contributed by atoms with Crippen molar-refractivity contribution in [3.05, 3.63) is 64.0 Å². The minimum Gasteiger partial charge on any atom is -0.484 e. The number of thioether (sulfide) groups is 1. The van der Waals surface area contributed by atoms with E-state index in [4.69, 9.17) is 32.4 Å². The molecule has 140 valence electrons. The van der Waals surface area contributed by atoms with Gasteiger partial charge in [-0.2, -0.15) is 0 Å². The fourth-order valence-electron chi connectivity index (χ4n) is 2.16. The average Bonchev–Trinajstić information content (AvgIpc) is 3.07. The zero-order chi connectivity index (χ0) is 19.2. The topological polar surface area (TPSA) is 77.2 Å². The van der Waals surface area contributed by atoms with E-state index in [0.29, 0.717) is 32.6 Å². The molecule has 0 bridgehead atoms. The van der Waals surface area contributed by atoms with Crippen molar-refractivity contribution in [2.75, 3.05) is 11.1 Å². The van der Waals surface area contributed by atoms with Gasteiger partial charge in [-0.1, -0.05) is 41.0 Å². The molecule has 3 rings (SSSR count). The van der Waals surface area contributed by atoms with Gasteiger partial charge in [-0.3, -0.25) is 4.79 Å². The van der Waals surface area contributed by atoms with Crippen molar-refractivity contribution in [1.29, 1.82) is 0 Å². The summed E-state index contributed by atoms with van der Waals surface area (Å²) < 4.78 is 11.1. The number of aromatic nitrogens is 2. The molecule has 0 aliphatic rings. The number of rotatable bonds is 7. The Kier molecular flexibility index (Phi) is 6.60. The Labute approximate surface area is 170 Å². The second kappa shape index (κ2) is 9.12. The SMILES string of the molecule is Cc1cc(Cl)ccc1OCc1nnc(SCC(=O)Nc2cccc(Cl)c2)o1. The molecular formula is C18H15Cl2N3O3S. The van der Waals surface area contributed by atoms with Gasteiger partial charge < -0.3 is 14.5 Å². The highest BCUT2D eigenvalue weighted by Gasteiger charge is 2.11. The number of hydrogen-bond acceptors (Lipinski definition) is 6. The molecule has 0 saturated heterocycles. The number of amides is 1. The number of hydrogen-bond donors (Lipinski definition) is 1. The smallest absolute Gasteiger partial charge is 0.277 e. The lowest BCUT2D eigenvalue weighted by molar-refractivity contribution is -0.113. The maximum atomic E-state index is 12.0. The second-order valence-corrected chi connectivity index (χ2v) is 7.31. The maximum Gasteiger partial charge on any atom is 0.277 e. The van der Waals surface area contributed by atoms with Gasteiger partial charge in [0.2, 0.25) is 5.91 Å². The quantitative estimate of drug-likeness (QED) is 0.539. The summed E-state index contributed by atoms with van der Waals surface area (Å²) in [6.07, 6.45) is 0. The van der Waals surface area contributed by atoms with Gasteiger partial charge in [-0.25, -0.2) is 0 Å². The number of aryl methyl sites for hydroxylation is 1. The predicted molar refractivity (Wildman–Crippen MR) is 106 cm³/mol. The van der Waals surface area contributed by atoms with Crippen LogP contribution >= 0.6 is 35.0 Å². The Bertz CT molecular complexity index is 949. The van der Waals surface area contributed by atoms with Gasteiger partial charge in [0.05, 0.1) is 5.75 Å². The molecule has 0 radical (unpaired) electrons. The molecule has 27 heavy (non-hydrogen) atoms. The summed E-state index contributed by atoms with van der Waals surface area (Å²) in [7, 11) is 0. The minimum atomic E-state index is -0.199. The van der Waals surface area contributed by atoms with E-state index in [1.165, 1.54) is 0 Å². The van der Waals surface area contributed by atoms with E-state index in [-0.39, 0.29) is 18.3 Å². The van der Waals surface area contributed by atoms with Crippen LogP contribution in [0.25, 0.3) is 0 Å². The van der Waals surface area contributed by atoms with Crippen molar-refractivity contribution in [3.63, 3.8) is 0 Å². The third kappa shape index (κ3) is 5.89. The van der Waals surface area contributed by atoms with Crippen LogP contribution in [0.15, 0.2) is 52.1 Å². The standard InChI is InChI=1S/C18H15Cl2N3O3S/c1-11-7-13(20)5-6-15(11)25-9-17-22-23-18(26-17)27-10-16(24)21-14-4-2-3-12(19)8-14/h2-8H,9-10H2,1H3,(H,21,24). The summed E-state index contributed by atoms with van der Waals surface area (Å²) in [5.74, 6) is 0.940. The normalized spacial score (nSPS) is 10.6. The fraction of sp³-hybridized carbons (Fsp3) is 0.167.